The van der Waals surface area contributed by atoms with Gasteiger partial charge in [-0.25, -0.2) is 0 Å². The summed E-state index contributed by atoms with van der Waals surface area (Å²) in [4.78, 5) is 18.1. The molecule has 1 unspecified atom stereocenters. The molecule has 0 aliphatic heterocycles. The van der Waals surface area contributed by atoms with Crippen LogP contribution in [0.4, 0.5) is 0 Å². The number of hydrogen-bond donors (Lipinski definition) is 2. The third-order valence-corrected chi connectivity index (χ3v) is 5.30. The highest BCUT2D eigenvalue weighted by Crippen LogP contribution is 2.53. The van der Waals surface area contributed by atoms with Crippen LogP contribution in [0.5, 0.6) is 0 Å². The molecule has 1 aromatic rings. The van der Waals surface area contributed by atoms with Crippen molar-refractivity contribution in [1.82, 2.24) is 0 Å². The van der Waals surface area contributed by atoms with Crippen LogP contribution in [-0.2, 0) is 4.57 Å². The molecule has 3 nitrogen and oxygen atoms in total. The molecule has 0 spiro atoms. The fourth-order valence-corrected chi connectivity index (χ4v) is 2.77. The topological polar surface area (TPSA) is 57.5 Å². The Morgan fingerprint density at radius 1 is 1.36 bits per heavy atom. The van der Waals surface area contributed by atoms with E-state index in [0.717, 1.165) is 4.47 Å². The molecule has 6 heteroatoms. The molecule has 78 valence electrons. The van der Waals surface area contributed by atoms with E-state index in [-0.39, 0.29) is 0 Å². The van der Waals surface area contributed by atoms with Gasteiger partial charge in [-0.05, 0) is 50.4 Å². The van der Waals surface area contributed by atoms with Gasteiger partial charge in [-0.3, -0.25) is 4.57 Å². The molecule has 0 aliphatic carbocycles. The summed E-state index contributed by atoms with van der Waals surface area (Å²) in [7, 11) is -4.08. The average molecular weight is 344 g/mol. The Hall–Kier alpha value is 0.330. The molecule has 0 aromatic heterocycles. The first kappa shape index (κ1) is 12.4. The standard InChI is InChI=1S/C8H9Br2O3P/c1-5(14(11,12)13)6-3-2-4-7(9)8(6)10/h2-5H,1H3,(H2,11,12,13). The molecular formula is C8H9Br2O3P. The molecule has 0 saturated carbocycles. The van der Waals surface area contributed by atoms with E-state index in [2.05, 4.69) is 31.9 Å². The summed E-state index contributed by atoms with van der Waals surface area (Å²) in [6.07, 6.45) is 0. The summed E-state index contributed by atoms with van der Waals surface area (Å²) in [6.45, 7) is 1.51. The Kier molecular flexibility index (Phi) is 3.95. The molecule has 1 aromatic carbocycles. The highest BCUT2D eigenvalue weighted by atomic mass is 79.9. The van der Waals surface area contributed by atoms with Crippen molar-refractivity contribution in [3.63, 3.8) is 0 Å². The highest BCUT2D eigenvalue weighted by Gasteiger charge is 2.27. The van der Waals surface area contributed by atoms with Gasteiger partial charge < -0.3 is 9.79 Å². The van der Waals surface area contributed by atoms with E-state index in [1.807, 2.05) is 0 Å². The van der Waals surface area contributed by atoms with E-state index in [1.54, 1.807) is 18.2 Å². The third-order valence-electron chi connectivity index (χ3n) is 1.94. The van der Waals surface area contributed by atoms with Gasteiger partial charge in [0.25, 0.3) is 0 Å². The van der Waals surface area contributed by atoms with Gasteiger partial charge in [0.1, 0.15) is 0 Å². The second kappa shape index (κ2) is 4.45. The molecular weight excluding hydrogens is 335 g/mol. The van der Waals surface area contributed by atoms with Crippen molar-refractivity contribution < 1.29 is 14.4 Å². The molecule has 0 aliphatic rings. The van der Waals surface area contributed by atoms with Crippen LogP contribution in [0.2, 0.25) is 0 Å². The largest absolute Gasteiger partial charge is 0.332 e. The van der Waals surface area contributed by atoms with E-state index in [0.29, 0.717) is 10.0 Å². The minimum absolute atomic E-state index is 0.604. The van der Waals surface area contributed by atoms with Gasteiger partial charge >= 0.3 is 7.60 Å². The van der Waals surface area contributed by atoms with Gasteiger partial charge in [0, 0.05) is 8.95 Å². The minimum atomic E-state index is -4.08. The van der Waals surface area contributed by atoms with Crippen LogP contribution >= 0.6 is 39.5 Å². The van der Waals surface area contributed by atoms with Crippen molar-refractivity contribution in [2.24, 2.45) is 0 Å². The zero-order valence-corrected chi connectivity index (χ0v) is 11.4. The molecule has 0 amide bonds. The molecule has 0 saturated heterocycles. The second-order valence-electron chi connectivity index (χ2n) is 2.91. The zero-order chi connectivity index (χ0) is 10.9. The third kappa shape index (κ3) is 2.67. The van der Waals surface area contributed by atoms with Crippen LogP contribution in [0, 0.1) is 0 Å². The summed E-state index contributed by atoms with van der Waals surface area (Å²) < 4.78 is 12.5. The van der Waals surface area contributed by atoms with Crippen molar-refractivity contribution in [1.29, 1.82) is 0 Å². The van der Waals surface area contributed by atoms with E-state index in [1.165, 1.54) is 6.92 Å². The molecule has 0 radical (unpaired) electrons. The lowest BCUT2D eigenvalue weighted by Gasteiger charge is -2.15. The fourth-order valence-electron chi connectivity index (χ4n) is 1.02. The van der Waals surface area contributed by atoms with Crippen LogP contribution in [0.25, 0.3) is 0 Å². The quantitative estimate of drug-likeness (QED) is 0.808. The van der Waals surface area contributed by atoms with Gasteiger partial charge in [-0.15, -0.1) is 0 Å². The van der Waals surface area contributed by atoms with Crippen LogP contribution in [-0.4, -0.2) is 9.79 Å². The Bertz CT molecular complexity index is 388. The lowest BCUT2D eigenvalue weighted by atomic mass is 10.2. The summed E-state index contributed by atoms with van der Waals surface area (Å²) in [6, 6.07) is 5.24. The Balaban J connectivity index is 3.21. The smallest absolute Gasteiger partial charge is 0.324 e. The van der Waals surface area contributed by atoms with Crippen molar-refractivity contribution in [2.75, 3.05) is 0 Å². The van der Waals surface area contributed by atoms with Crippen LogP contribution in [0.3, 0.4) is 0 Å². The van der Waals surface area contributed by atoms with Gasteiger partial charge in [0.15, 0.2) is 0 Å². The predicted molar refractivity (Wildman–Crippen MR) is 62.3 cm³/mol. The Morgan fingerprint density at radius 2 is 1.93 bits per heavy atom. The lowest BCUT2D eigenvalue weighted by Crippen LogP contribution is -1.96. The summed E-state index contributed by atoms with van der Waals surface area (Å²) in [5.41, 5.74) is -0.193. The first-order valence-corrected chi connectivity index (χ1v) is 7.10. The normalized spacial score (nSPS) is 14.1. The Morgan fingerprint density at radius 3 is 2.43 bits per heavy atom. The second-order valence-corrected chi connectivity index (χ2v) is 6.51. The fraction of sp³-hybridized carbons (Fsp3) is 0.250. The van der Waals surface area contributed by atoms with Crippen LogP contribution < -0.4 is 0 Å². The number of halogens is 2. The minimum Gasteiger partial charge on any atom is -0.324 e. The maximum Gasteiger partial charge on any atom is 0.332 e. The summed E-state index contributed by atoms with van der Waals surface area (Å²) in [5, 5.41) is 0. The van der Waals surface area contributed by atoms with E-state index >= 15 is 0 Å². The van der Waals surface area contributed by atoms with Crippen molar-refractivity contribution in [3.8, 4) is 0 Å². The first-order valence-electron chi connectivity index (χ1n) is 3.83. The maximum absolute atomic E-state index is 11.1. The van der Waals surface area contributed by atoms with E-state index < -0.39 is 13.3 Å². The number of rotatable bonds is 2. The molecule has 0 fully saturated rings. The van der Waals surface area contributed by atoms with Gasteiger partial charge in [-0.2, -0.15) is 0 Å². The van der Waals surface area contributed by atoms with Gasteiger partial charge in [0.2, 0.25) is 0 Å². The molecule has 2 N–H and O–H groups in total. The number of benzene rings is 1. The average Bonchev–Trinajstić information content (AvgIpc) is 2.07. The molecule has 1 atom stereocenters. The molecule has 14 heavy (non-hydrogen) atoms. The van der Waals surface area contributed by atoms with Crippen molar-refractivity contribution >= 4 is 39.5 Å². The Labute approximate surface area is 98.9 Å². The zero-order valence-electron chi connectivity index (χ0n) is 7.32. The SMILES string of the molecule is CC(c1cccc(Br)c1Br)P(=O)(O)O. The molecule has 0 bridgehead atoms. The maximum atomic E-state index is 11.1. The van der Waals surface area contributed by atoms with Gasteiger partial charge in [0.05, 0.1) is 5.66 Å². The van der Waals surface area contributed by atoms with E-state index in [4.69, 9.17) is 9.79 Å². The first-order chi connectivity index (χ1) is 6.34. The summed E-state index contributed by atoms with van der Waals surface area (Å²) >= 11 is 6.56. The monoisotopic (exact) mass is 342 g/mol. The summed E-state index contributed by atoms with van der Waals surface area (Å²) in [5.74, 6) is 0. The highest BCUT2D eigenvalue weighted by molar-refractivity contribution is 9.13. The number of hydrogen-bond acceptors (Lipinski definition) is 1. The van der Waals surface area contributed by atoms with Crippen molar-refractivity contribution in [2.45, 2.75) is 12.6 Å². The van der Waals surface area contributed by atoms with E-state index in [9.17, 15) is 4.57 Å². The molecule has 1 rings (SSSR count). The van der Waals surface area contributed by atoms with Crippen LogP contribution in [0.1, 0.15) is 18.1 Å². The lowest BCUT2D eigenvalue weighted by molar-refractivity contribution is 0.361. The van der Waals surface area contributed by atoms with Crippen molar-refractivity contribution in [3.05, 3.63) is 32.7 Å². The predicted octanol–water partition coefficient (Wildman–Crippen LogP) is 3.45. The van der Waals surface area contributed by atoms with Crippen LogP contribution in [0.15, 0.2) is 27.1 Å². The van der Waals surface area contributed by atoms with Gasteiger partial charge in [-0.1, -0.05) is 12.1 Å². The molecule has 0 heterocycles.